The van der Waals surface area contributed by atoms with Crippen molar-refractivity contribution in [2.45, 2.75) is 51.7 Å². The smallest absolute Gasteiger partial charge is 0.217 e. The molecule has 0 aromatic carbocycles. The van der Waals surface area contributed by atoms with Gasteiger partial charge in [0, 0.05) is 39.2 Å². The van der Waals surface area contributed by atoms with E-state index < -0.39 is 0 Å². The first-order valence-corrected chi connectivity index (χ1v) is 9.34. The molecule has 2 fully saturated rings. The van der Waals surface area contributed by atoms with Crippen LogP contribution in [0.15, 0.2) is 12.4 Å². The number of rotatable bonds is 5. The molecule has 0 saturated carbocycles. The van der Waals surface area contributed by atoms with Crippen LogP contribution in [0, 0.1) is 5.92 Å². The number of nitrogens with zero attached hydrogens (tertiary/aromatic N) is 4. The predicted octanol–water partition coefficient (Wildman–Crippen LogP) is 1.18. The molecule has 1 aromatic rings. The number of piperidine rings is 1. The predicted molar refractivity (Wildman–Crippen MR) is 97.7 cm³/mol. The fraction of sp³-hybridized carbons (Fsp3) is 0.722. The molecule has 7 heteroatoms. The summed E-state index contributed by atoms with van der Waals surface area (Å²) in [5.74, 6) is 2.33. The van der Waals surface area contributed by atoms with E-state index >= 15 is 0 Å². The maximum Gasteiger partial charge on any atom is 0.217 e. The van der Waals surface area contributed by atoms with E-state index in [4.69, 9.17) is 0 Å². The third kappa shape index (κ3) is 4.39. The van der Waals surface area contributed by atoms with Crippen molar-refractivity contribution in [3.8, 4) is 0 Å². The molecule has 0 spiro atoms. The largest absolute Gasteiger partial charge is 0.393 e. The summed E-state index contributed by atoms with van der Waals surface area (Å²) in [6.45, 7) is 7.11. The molecular formula is C18H29N5O2. The van der Waals surface area contributed by atoms with Gasteiger partial charge in [-0.15, -0.1) is 0 Å². The molecule has 0 radical (unpaired) electrons. The Kier molecular flexibility index (Phi) is 5.73. The lowest BCUT2D eigenvalue weighted by Gasteiger charge is -2.31. The number of anilines is 2. The van der Waals surface area contributed by atoms with E-state index in [1.54, 1.807) is 13.3 Å². The highest BCUT2D eigenvalue weighted by molar-refractivity contribution is 5.73. The zero-order valence-corrected chi connectivity index (χ0v) is 15.2. The van der Waals surface area contributed by atoms with Crippen LogP contribution >= 0.6 is 0 Å². The lowest BCUT2D eigenvalue weighted by atomic mass is 9.98. The number of hydrogen-bond acceptors (Lipinski definition) is 6. The molecule has 2 unspecified atom stereocenters. The van der Waals surface area contributed by atoms with Crippen LogP contribution in [0.5, 0.6) is 0 Å². The topological polar surface area (TPSA) is 81.6 Å². The fourth-order valence-corrected chi connectivity index (χ4v) is 3.92. The quantitative estimate of drug-likeness (QED) is 0.832. The van der Waals surface area contributed by atoms with Crippen LogP contribution < -0.4 is 15.1 Å². The van der Waals surface area contributed by atoms with Crippen molar-refractivity contribution < 1.29 is 9.90 Å². The minimum Gasteiger partial charge on any atom is -0.393 e. The highest BCUT2D eigenvalue weighted by Crippen LogP contribution is 2.28. The Labute approximate surface area is 149 Å². The van der Waals surface area contributed by atoms with Crippen molar-refractivity contribution in [2.24, 2.45) is 5.92 Å². The number of aliphatic hydroxyl groups is 1. The van der Waals surface area contributed by atoms with Gasteiger partial charge in [-0.2, -0.15) is 0 Å². The van der Waals surface area contributed by atoms with Gasteiger partial charge < -0.3 is 20.2 Å². The number of aromatic nitrogens is 2. The van der Waals surface area contributed by atoms with E-state index in [2.05, 4.69) is 32.0 Å². The summed E-state index contributed by atoms with van der Waals surface area (Å²) in [5.41, 5.74) is 0. The van der Waals surface area contributed by atoms with Gasteiger partial charge in [-0.1, -0.05) is 13.3 Å². The Morgan fingerprint density at radius 1 is 1.24 bits per heavy atom. The monoisotopic (exact) mass is 347 g/mol. The number of amides is 1. The van der Waals surface area contributed by atoms with Gasteiger partial charge >= 0.3 is 0 Å². The third-order valence-electron chi connectivity index (χ3n) is 5.24. The van der Waals surface area contributed by atoms with E-state index in [1.807, 2.05) is 6.07 Å². The van der Waals surface area contributed by atoms with E-state index in [0.29, 0.717) is 5.92 Å². The summed E-state index contributed by atoms with van der Waals surface area (Å²) in [5, 5.41) is 12.8. The Hall–Kier alpha value is -1.89. The Balaban J connectivity index is 1.71. The van der Waals surface area contributed by atoms with Crippen molar-refractivity contribution in [1.29, 1.82) is 0 Å². The molecule has 1 amide bonds. The Morgan fingerprint density at radius 2 is 1.92 bits per heavy atom. The molecule has 2 N–H and O–H groups in total. The van der Waals surface area contributed by atoms with Crippen LogP contribution in [0.3, 0.4) is 0 Å². The summed E-state index contributed by atoms with van der Waals surface area (Å²) in [6.07, 6.45) is 5.21. The number of hydrogen-bond donors (Lipinski definition) is 2. The van der Waals surface area contributed by atoms with Gasteiger partial charge in [0.1, 0.15) is 18.0 Å². The van der Waals surface area contributed by atoms with Crippen LogP contribution in [-0.4, -0.2) is 59.3 Å². The average Bonchev–Trinajstić information content (AvgIpc) is 2.98. The maximum atomic E-state index is 11.5. The molecule has 2 aliphatic heterocycles. The fourth-order valence-electron chi connectivity index (χ4n) is 3.92. The molecule has 2 atom stereocenters. The molecule has 3 rings (SSSR count). The number of nitrogens with one attached hydrogen (secondary N) is 1. The maximum absolute atomic E-state index is 11.5. The number of carbonyl (C=O) groups is 1. The molecule has 1 aromatic heterocycles. The number of carbonyl (C=O) groups excluding carboxylic acids is 1. The molecule has 25 heavy (non-hydrogen) atoms. The van der Waals surface area contributed by atoms with Crippen molar-refractivity contribution in [3.63, 3.8) is 0 Å². The zero-order valence-electron chi connectivity index (χ0n) is 15.2. The van der Waals surface area contributed by atoms with Crippen molar-refractivity contribution in [3.05, 3.63) is 12.4 Å². The standard InChI is InChI=1S/C18H29N5O2/c1-3-4-14-10-23(11-16(14)21-13(2)24)18-9-17(19-12-20-18)22-7-5-15(25)6-8-22/h9,12,14-16,25H,3-8,10-11H2,1-2H3,(H,21,24). The van der Waals surface area contributed by atoms with Gasteiger partial charge in [0.15, 0.2) is 0 Å². The lowest BCUT2D eigenvalue weighted by molar-refractivity contribution is -0.119. The minimum atomic E-state index is -0.190. The average molecular weight is 347 g/mol. The van der Waals surface area contributed by atoms with E-state index in [-0.39, 0.29) is 18.1 Å². The summed E-state index contributed by atoms with van der Waals surface area (Å²) in [7, 11) is 0. The number of aliphatic hydroxyl groups excluding tert-OH is 1. The first-order valence-electron chi connectivity index (χ1n) is 9.34. The van der Waals surface area contributed by atoms with Gasteiger partial charge in [-0.25, -0.2) is 9.97 Å². The van der Waals surface area contributed by atoms with Crippen LogP contribution in [0.2, 0.25) is 0 Å². The highest BCUT2D eigenvalue weighted by atomic mass is 16.3. The first-order chi connectivity index (χ1) is 12.1. The second-order valence-electron chi connectivity index (χ2n) is 7.21. The van der Waals surface area contributed by atoms with E-state index in [9.17, 15) is 9.90 Å². The van der Waals surface area contributed by atoms with Gasteiger partial charge in [0.2, 0.25) is 5.91 Å². The summed E-state index contributed by atoms with van der Waals surface area (Å²) < 4.78 is 0. The summed E-state index contributed by atoms with van der Waals surface area (Å²) in [4.78, 5) is 24.8. The van der Waals surface area contributed by atoms with Crippen LogP contribution in [-0.2, 0) is 4.79 Å². The first kappa shape index (κ1) is 17.9. The Bertz CT molecular complexity index is 589. The minimum absolute atomic E-state index is 0.0307. The molecule has 2 saturated heterocycles. The van der Waals surface area contributed by atoms with Crippen molar-refractivity contribution >= 4 is 17.5 Å². The normalized spacial score (nSPS) is 24.6. The van der Waals surface area contributed by atoms with E-state index in [1.165, 1.54) is 0 Å². The third-order valence-corrected chi connectivity index (χ3v) is 5.24. The second kappa shape index (κ2) is 7.99. The summed E-state index contributed by atoms with van der Waals surface area (Å²) >= 11 is 0. The van der Waals surface area contributed by atoms with Crippen LogP contribution in [0.25, 0.3) is 0 Å². The van der Waals surface area contributed by atoms with Gasteiger partial charge in [0.25, 0.3) is 0 Å². The molecular weight excluding hydrogens is 318 g/mol. The summed E-state index contributed by atoms with van der Waals surface area (Å²) in [6, 6.07) is 2.22. The van der Waals surface area contributed by atoms with Crippen molar-refractivity contribution in [1.82, 2.24) is 15.3 Å². The highest BCUT2D eigenvalue weighted by Gasteiger charge is 2.33. The van der Waals surface area contributed by atoms with Gasteiger partial charge in [0.05, 0.1) is 12.1 Å². The second-order valence-corrected chi connectivity index (χ2v) is 7.21. The lowest BCUT2D eigenvalue weighted by Crippen LogP contribution is -2.39. The molecule has 138 valence electrons. The molecule has 0 bridgehead atoms. The molecule has 2 aliphatic rings. The van der Waals surface area contributed by atoms with Crippen LogP contribution in [0.1, 0.15) is 39.5 Å². The molecule has 0 aliphatic carbocycles. The van der Waals surface area contributed by atoms with Crippen molar-refractivity contribution in [2.75, 3.05) is 36.0 Å². The SMILES string of the molecule is CCCC1CN(c2cc(N3CCC(O)CC3)ncn2)CC1NC(C)=O. The van der Waals surface area contributed by atoms with Crippen LogP contribution in [0.4, 0.5) is 11.6 Å². The van der Waals surface area contributed by atoms with Gasteiger partial charge in [-0.05, 0) is 25.2 Å². The Morgan fingerprint density at radius 3 is 2.56 bits per heavy atom. The molecule has 3 heterocycles. The van der Waals surface area contributed by atoms with E-state index in [0.717, 1.165) is 63.5 Å². The zero-order chi connectivity index (χ0) is 17.8. The van der Waals surface area contributed by atoms with Gasteiger partial charge in [-0.3, -0.25) is 4.79 Å². The molecule has 7 nitrogen and oxygen atoms in total.